The number of benzene rings is 1. The van der Waals surface area contributed by atoms with Crippen molar-refractivity contribution in [2.24, 2.45) is 11.3 Å². The van der Waals surface area contributed by atoms with Crippen LogP contribution in [0.3, 0.4) is 0 Å². The Kier molecular flexibility index (Phi) is 3.50. The molecule has 2 atom stereocenters. The van der Waals surface area contributed by atoms with Crippen LogP contribution < -0.4 is 0 Å². The Morgan fingerprint density at radius 3 is 2.57 bits per heavy atom. The van der Waals surface area contributed by atoms with Gasteiger partial charge in [-0.2, -0.15) is 0 Å². The van der Waals surface area contributed by atoms with Crippen LogP contribution in [0.25, 0.3) is 0 Å². The van der Waals surface area contributed by atoms with Crippen molar-refractivity contribution in [2.75, 3.05) is 0 Å². The molecule has 0 radical (unpaired) electrons. The van der Waals surface area contributed by atoms with E-state index in [9.17, 15) is 4.79 Å². The van der Waals surface area contributed by atoms with E-state index >= 15 is 0 Å². The van der Waals surface area contributed by atoms with Gasteiger partial charge in [0.15, 0.2) is 5.78 Å². The maximum absolute atomic E-state index is 12.8. The van der Waals surface area contributed by atoms with E-state index in [-0.39, 0.29) is 5.41 Å². The highest BCUT2D eigenvalue weighted by atomic mass is 16.1. The van der Waals surface area contributed by atoms with Crippen molar-refractivity contribution in [3.05, 3.63) is 34.9 Å². The van der Waals surface area contributed by atoms with Gasteiger partial charge in [-0.15, -0.1) is 0 Å². The minimum atomic E-state index is 0.196. The predicted molar refractivity (Wildman–Crippen MR) is 87.8 cm³/mol. The minimum Gasteiger partial charge on any atom is -0.294 e. The van der Waals surface area contributed by atoms with E-state index < -0.39 is 0 Å². The van der Waals surface area contributed by atoms with Gasteiger partial charge < -0.3 is 0 Å². The summed E-state index contributed by atoms with van der Waals surface area (Å²) in [6, 6.07) is 6.55. The van der Waals surface area contributed by atoms with Gasteiger partial charge in [0, 0.05) is 12.0 Å². The molecule has 21 heavy (non-hydrogen) atoms. The van der Waals surface area contributed by atoms with Crippen LogP contribution in [-0.4, -0.2) is 5.78 Å². The van der Waals surface area contributed by atoms with Crippen molar-refractivity contribution in [2.45, 2.75) is 71.6 Å². The lowest BCUT2D eigenvalue weighted by Gasteiger charge is -2.56. The maximum Gasteiger partial charge on any atom is 0.163 e. The second kappa shape index (κ2) is 4.97. The van der Waals surface area contributed by atoms with Crippen LogP contribution in [0.1, 0.15) is 80.8 Å². The number of hydrogen-bond donors (Lipinski definition) is 0. The molecule has 0 aromatic heterocycles. The fraction of sp³-hybridized carbons (Fsp3) is 0.650. The average Bonchev–Trinajstić information content (AvgIpc) is 2.48. The van der Waals surface area contributed by atoms with Gasteiger partial charge >= 0.3 is 0 Å². The van der Waals surface area contributed by atoms with Gasteiger partial charge in [-0.25, -0.2) is 0 Å². The predicted octanol–water partition coefficient (Wildman–Crippen LogP) is 5.45. The second-order valence-corrected chi connectivity index (χ2v) is 7.57. The van der Waals surface area contributed by atoms with Crippen LogP contribution in [0.4, 0.5) is 0 Å². The summed E-state index contributed by atoms with van der Waals surface area (Å²) in [5.41, 5.74) is 4.11. The second-order valence-electron chi connectivity index (χ2n) is 7.57. The van der Waals surface area contributed by atoms with Gasteiger partial charge in [-0.3, -0.25) is 4.79 Å². The first-order chi connectivity index (χ1) is 9.97. The molecule has 3 rings (SSSR count). The van der Waals surface area contributed by atoms with E-state index in [4.69, 9.17) is 0 Å². The summed E-state index contributed by atoms with van der Waals surface area (Å²) in [7, 11) is 0. The van der Waals surface area contributed by atoms with Crippen molar-refractivity contribution in [1.29, 1.82) is 0 Å². The van der Waals surface area contributed by atoms with Crippen LogP contribution >= 0.6 is 0 Å². The molecule has 114 valence electrons. The number of hydrogen-bond acceptors (Lipinski definition) is 1. The van der Waals surface area contributed by atoms with Crippen molar-refractivity contribution in [3.63, 3.8) is 0 Å². The smallest absolute Gasteiger partial charge is 0.163 e. The van der Waals surface area contributed by atoms with Gasteiger partial charge in [0.1, 0.15) is 0 Å². The third-order valence-electron chi connectivity index (χ3n) is 6.77. The minimum absolute atomic E-state index is 0.196. The molecule has 1 heteroatoms. The number of carbonyl (C=O) groups is 1. The molecule has 0 bridgehead atoms. The van der Waals surface area contributed by atoms with Crippen molar-refractivity contribution in [3.8, 4) is 0 Å². The number of fused-ring (bicyclic) bond motifs is 3. The standard InChI is InChI=1S/C20H28O/c1-5-20(6-2)11-7-10-19(4)16-9-8-14(3)12-15(16)17(21)13-18(19)20/h8-9,12,18H,5-7,10-11,13H2,1-4H3. The molecule has 0 heterocycles. The fourth-order valence-corrected chi connectivity index (χ4v) is 5.37. The average molecular weight is 284 g/mol. The quantitative estimate of drug-likeness (QED) is 0.706. The lowest BCUT2D eigenvalue weighted by molar-refractivity contribution is 0.00653. The molecule has 2 aliphatic carbocycles. The zero-order valence-electron chi connectivity index (χ0n) is 14.0. The van der Waals surface area contributed by atoms with Crippen LogP contribution in [0.5, 0.6) is 0 Å². The molecule has 1 nitrogen and oxygen atoms in total. The Balaban J connectivity index is 2.17. The number of aryl methyl sites for hydroxylation is 1. The lowest BCUT2D eigenvalue weighted by atomic mass is 9.48. The summed E-state index contributed by atoms with van der Waals surface area (Å²) in [4.78, 5) is 12.8. The molecular weight excluding hydrogens is 256 g/mol. The topological polar surface area (TPSA) is 17.1 Å². The van der Waals surface area contributed by atoms with Gasteiger partial charge in [0.05, 0.1) is 0 Å². The largest absolute Gasteiger partial charge is 0.294 e. The first-order valence-electron chi connectivity index (χ1n) is 8.61. The molecule has 1 aromatic rings. The highest BCUT2D eigenvalue weighted by Crippen LogP contribution is 2.59. The van der Waals surface area contributed by atoms with E-state index in [0.29, 0.717) is 17.1 Å². The van der Waals surface area contributed by atoms with E-state index in [1.807, 2.05) is 0 Å². The number of Topliss-reactive ketones (excluding diaryl/α,β-unsaturated/α-hetero) is 1. The Bertz CT molecular complexity index is 567. The summed E-state index contributed by atoms with van der Waals surface area (Å²) in [6.45, 7) is 9.16. The molecule has 2 aliphatic rings. The molecule has 0 aliphatic heterocycles. The van der Waals surface area contributed by atoms with Crippen LogP contribution in [-0.2, 0) is 5.41 Å². The molecular formula is C20H28O. The molecule has 0 spiro atoms. The lowest BCUT2D eigenvalue weighted by Crippen LogP contribution is -2.51. The Labute approximate surface area is 129 Å². The zero-order chi connectivity index (χ0) is 15.3. The zero-order valence-corrected chi connectivity index (χ0v) is 14.0. The van der Waals surface area contributed by atoms with Crippen molar-refractivity contribution >= 4 is 5.78 Å². The number of rotatable bonds is 2. The first kappa shape index (κ1) is 14.8. The highest BCUT2D eigenvalue weighted by Gasteiger charge is 2.53. The molecule has 1 aromatic carbocycles. The molecule has 0 saturated heterocycles. The Morgan fingerprint density at radius 2 is 1.90 bits per heavy atom. The van der Waals surface area contributed by atoms with Gasteiger partial charge in [0.25, 0.3) is 0 Å². The highest BCUT2D eigenvalue weighted by molar-refractivity contribution is 5.99. The van der Waals surface area contributed by atoms with Crippen LogP contribution in [0, 0.1) is 18.3 Å². The summed E-state index contributed by atoms with van der Waals surface area (Å²) >= 11 is 0. The molecule has 1 fully saturated rings. The van der Waals surface area contributed by atoms with Gasteiger partial charge in [-0.05, 0) is 48.1 Å². The summed E-state index contributed by atoms with van der Waals surface area (Å²) in [6.07, 6.45) is 7.01. The van der Waals surface area contributed by atoms with Gasteiger partial charge in [-0.1, -0.05) is 57.7 Å². The fourth-order valence-electron chi connectivity index (χ4n) is 5.37. The third kappa shape index (κ3) is 2.00. The molecule has 2 unspecified atom stereocenters. The van der Waals surface area contributed by atoms with E-state index in [0.717, 1.165) is 12.0 Å². The monoisotopic (exact) mass is 284 g/mol. The van der Waals surface area contributed by atoms with Crippen LogP contribution in [0.2, 0.25) is 0 Å². The van der Waals surface area contributed by atoms with Crippen LogP contribution in [0.15, 0.2) is 18.2 Å². The van der Waals surface area contributed by atoms with Gasteiger partial charge in [0.2, 0.25) is 0 Å². The van der Waals surface area contributed by atoms with E-state index in [2.05, 4.69) is 45.9 Å². The SMILES string of the molecule is CCC1(CC)CCCC2(C)c3ccc(C)cc3C(=O)CC12. The molecule has 0 N–H and O–H groups in total. The van der Waals surface area contributed by atoms with Crippen molar-refractivity contribution in [1.82, 2.24) is 0 Å². The normalized spacial score (nSPS) is 30.7. The Hall–Kier alpha value is -1.11. The summed E-state index contributed by atoms with van der Waals surface area (Å²) in [5, 5.41) is 0. The van der Waals surface area contributed by atoms with E-state index in [1.54, 1.807) is 0 Å². The summed E-state index contributed by atoms with van der Waals surface area (Å²) < 4.78 is 0. The number of carbonyl (C=O) groups excluding carboxylic acids is 1. The molecule has 0 amide bonds. The molecule has 1 saturated carbocycles. The third-order valence-corrected chi connectivity index (χ3v) is 6.77. The van der Waals surface area contributed by atoms with Crippen molar-refractivity contribution < 1.29 is 4.79 Å². The summed E-state index contributed by atoms with van der Waals surface area (Å²) in [5.74, 6) is 0.904. The number of ketones is 1. The Morgan fingerprint density at radius 1 is 1.19 bits per heavy atom. The first-order valence-corrected chi connectivity index (χ1v) is 8.61. The van der Waals surface area contributed by atoms with E-state index in [1.165, 1.54) is 43.2 Å². The maximum atomic E-state index is 12.8.